The van der Waals surface area contributed by atoms with E-state index in [-0.39, 0.29) is 6.03 Å². The molecule has 0 spiro atoms. The maximum absolute atomic E-state index is 12.2. The summed E-state index contributed by atoms with van der Waals surface area (Å²) >= 11 is 0. The Labute approximate surface area is 120 Å². The molecule has 0 aromatic heterocycles. The number of nitrogens with two attached hydrogens (primary N) is 1. The molecule has 1 aliphatic heterocycles. The molecule has 3 atom stereocenters. The number of fused-ring (bicyclic) bond motifs is 2. The third kappa shape index (κ3) is 2.66. The lowest BCUT2D eigenvalue weighted by Gasteiger charge is -2.36. The van der Waals surface area contributed by atoms with Gasteiger partial charge in [0.25, 0.3) is 0 Å². The first-order valence-corrected chi connectivity index (χ1v) is 7.47. The van der Waals surface area contributed by atoms with Crippen molar-refractivity contribution in [3.63, 3.8) is 0 Å². The van der Waals surface area contributed by atoms with E-state index in [0.717, 1.165) is 18.7 Å². The predicted molar refractivity (Wildman–Crippen MR) is 79.2 cm³/mol. The molecule has 2 bridgehead atoms. The third-order valence-corrected chi connectivity index (χ3v) is 4.76. The minimum absolute atomic E-state index is 0.0503. The standard InChI is InChI=1S/C16H23N3O/c1-11-2-4-12(5-3-11)8-18-16(20)19-9-13-6-7-14(10-19)15(13)17/h2-5,13-15H,6-10,17H2,1H3,(H,18,20)/t13-,14+,15?. The minimum atomic E-state index is 0.0503. The molecule has 2 aliphatic rings. The first kappa shape index (κ1) is 13.4. The summed E-state index contributed by atoms with van der Waals surface area (Å²) in [5, 5.41) is 3.02. The number of nitrogens with zero attached hydrogens (tertiary/aromatic N) is 1. The molecule has 1 aromatic carbocycles. The lowest BCUT2D eigenvalue weighted by molar-refractivity contribution is 0.150. The molecule has 2 fully saturated rings. The molecule has 0 radical (unpaired) electrons. The molecule has 4 heteroatoms. The molecule has 1 heterocycles. The quantitative estimate of drug-likeness (QED) is 0.864. The van der Waals surface area contributed by atoms with Gasteiger partial charge < -0.3 is 16.0 Å². The molecular weight excluding hydrogens is 250 g/mol. The van der Waals surface area contributed by atoms with Gasteiger partial charge in [0.2, 0.25) is 0 Å². The fourth-order valence-electron chi connectivity index (χ4n) is 3.43. The van der Waals surface area contributed by atoms with E-state index in [1.165, 1.54) is 18.4 Å². The second kappa shape index (κ2) is 5.44. The van der Waals surface area contributed by atoms with Crippen molar-refractivity contribution in [2.24, 2.45) is 17.6 Å². The van der Waals surface area contributed by atoms with Crippen LogP contribution in [0.5, 0.6) is 0 Å². The molecule has 4 nitrogen and oxygen atoms in total. The van der Waals surface area contributed by atoms with Crippen LogP contribution in [0.3, 0.4) is 0 Å². The van der Waals surface area contributed by atoms with Crippen molar-refractivity contribution in [3.05, 3.63) is 35.4 Å². The third-order valence-electron chi connectivity index (χ3n) is 4.76. The van der Waals surface area contributed by atoms with Crippen LogP contribution in [0.2, 0.25) is 0 Å². The van der Waals surface area contributed by atoms with Crippen LogP contribution in [0.4, 0.5) is 4.79 Å². The number of likely N-dealkylation sites (tertiary alicyclic amines) is 1. The van der Waals surface area contributed by atoms with E-state index in [1.807, 2.05) is 4.90 Å². The summed E-state index contributed by atoms with van der Waals surface area (Å²) in [7, 11) is 0. The highest BCUT2D eigenvalue weighted by Crippen LogP contribution is 2.35. The van der Waals surface area contributed by atoms with Crippen LogP contribution in [0.15, 0.2) is 24.3 Å². The molecule has 3 N–H and O–H groups in total. The van der Waals surface area contributed by atoms with Crippen LogP contribution in [0.1, 0.15) is 24.0 Å². The first-order valence-electron chi connectivity index (χ1n) is 7.47. The van der Waals surface area contributed by atoms with Gasteiger partial charge in [-0.05, 0) is 37.2 Å². The number of nitrogens with one attached hydrogen (secondary N) is 1. The van der Waals surface area contributed by atoms with E-state index in [9.17, 15) is 4.79 Å². The second-order valence-electron chi connectivity index (χ2n) is 6.22. The average molecular weight is 273 g/mol. The van der Waals surface area contributed by atoms with Crippen molar-refractivity contribution in [1.29, 1.82) is 0 Å². The zero-order chi connectivity index (χ0) is 14.1. The number of aryl methyl sites for hydroxylation is 1. The van der Waals surface area contributed by atoms with Gasteiger partial charge in [-0.15, -0.1) is 0 Å². The first-order chi connectivity index (χ1) is 9.63. The zero-order valence-electron chi connectivity index (χ0n) is 12.0. The minimum Gasteiger partial charge on any atom is -0.334 e. The number of rotatable bonds is 2. The highest BCUT2D eigenvalue weighted by Gasteiger charge is 2.41. The Bertz CT molecular complexity index is 471. The number of carbonyl (C=O) groups is 1. The smallest absolute Gasteiger partial charge is 0.317 e. The summed E-state index contributed by atoms with van der Waals surface area (Å²) in [5.74, 6) is 0.998. The van der Waals surface area contributed by atoms with Gasteiger partial charge in [0, 0.05) is 25.7 Å². The lowest BCUT2D eigenvalue weighted by Crippen LogP contribution is -2.53. The van der Waals surface area contributed by atoms with Crippen LogP contribution < -0.4 is 11.1 Å². The van der Waals surface area contributed by atoms with Gasteiger partial charge in [0.1, 0.15) is 0 Å². The molecule has 1 aromatic rings. The Hall–Kier alpha value is -1.55. The predicted octanol–water partition coefficient (Wildman–Crippen LogP) is 1.87. The number of hydrogen-bond donors (Lipinski definition) is 2. The van der Waals surface area contributed by atoms with Gasteiger partial charge in [-0.25, -0.2) is 4.79 Å². The number of carbonyl (C=O) groups excluding carboxylic acids is 1. The number of benzene rings is 1. The molecule has 2 amide bonds. The Kier molecular flexibility index (Phi) is 3.66. The molecule has 1 saturated carbocycles. The maximum atomic E-state index is 12.2. The summed E-state index contributed by atoms with van der Waals surface area (Å²) in [6.07, 6.45) is 2.35. The van der Waals surface area contributed by atoms with Gasteiger partial charge >= 0.3 is 6.03 Å². The van der Waals surface area contributed by atoms with E-state index in [4.69, 9.17) is 5.73 Å². The summed E-state index contributed by atoms with van der Waals surface area (Å²) in [5.41, 5.74) is 8.54. The van der Waals surface area contributed by atoms with Gasteiger partial charge in [0.05, 0.1) is 0 Å². The monoisotopic (exact) mass is 273 g/mol. The molecule has 108 valence electrons. The zero-order valence-corrected chi connectivity index (χ0v) is 12.0. The van der Waals surface area contributed by atoms with Gasteiger partial charge in [0.15, 0.2) is 0 Å². The van der Waals surface area contributed by atoms with Crippen LogP contribution in [0.25, 0.3) is 0 Å². The molecule has 3 rings (SSSR count). The van der Waals surface area contributed by atoms with Crippen molar-refractivity contribution in [2.45, 2.75) is 32.4 Å². The number of amides is 2. The van der Waals surface area contributed by atoms with E-state index in [2.05, 4.69) is 36.5 Å². The van der Waals surface area contributed by atoms with Crippen molar-refractivity contribution in [1.82, 2.24) is 10.2 Å². The number of piperidine rings is 1. The molecule has 20 heavy (non-hydrogen) atoms. The number of hydrogen-bond acceptors (Lipinski definition) is 2. The Balaban J connectivity index is 1.54. The van der Waals surface area contributed by atoms with Crippen LogP contribution >= 0.6 is 0 Å². The maximum Gasteiger partial charge on any atom is 0.317 e. The molecule has 1 aliphatic carbocycles. The summed E-state index contributed by atoms with van der Waals surface area (Å²) in [4.78, 5) is 14.2. The highest BCUT2D eigenvalue weighted by molar-refractivity contribution is 5.74. The van der Waals surface area contributed by atoms with Crippen LogP contribution in [-0.2, 0) is 6.54 Å². The summed E-state index contributed by atoms with van der Waals surface area (Å²) < 4.78 is 0. The van der Waals surface area contributed by atoms with Crippen LogP contribution in [-0.4, -0.2) is 30.1 Å². The van der Waals surface area contributed by atoms with E-state index in [0.29, 0.717) is 24.4 Å². The lowest BCUT2D eigenvalue weighted by atomic mass is 9.93. The van der Waals surface area contributed by atoms with Crippen molar-refractivity contribution >= 4 is 6.03 Å². The largest absolute Gasteiger partial charge is 0.334 e. The summed E-state index contributed by atoms with van der Waals surface area (Å²) in [6.45, 7) is 4.29. The number of urea groups is 1. The normalized spacial score (nSPS) is 28.5. The SMILES string of the molecule is Cc1ccc(CNC(=O)N2C[C@H]3CC[C@@H](C2)C3N)cc1. The summed E-state index contributed by atoms with van der Waals surface area (Å²) in [6, 6.07) is 8.62. The van der Waals surface area contributed by atoms with Gasteiger partial charge in [-0.2, -0.15) is 0 Å². The second-order valence-corrected chi connectivity index (χ2v) is 6.22. The van der Waals surface area contributed by atoms with Crippen molar-refractivity contribution < 1.29 is 4.79 Å². The van der Waals surface area contributed by atoms with Gasteiger partial charge in [-0.1, -0.05) is 29.8 Å². The molecular formula is C16H23N3O. The Morgan fingerprint density at radius 1 is 1.25 bits per heavy atom. The molecule has 1 unspecified atom stereocenters. The van der Waals surface area contributed by atoms with Crippen molar-refractivity contribution in [2.75, 3.05) is 13.1 Å². The van der Waals surface area contributed by atoms with E-state index < -0.39 is 0 Å². The fourth-order valence-corrected chi connectivity index (χ4v) is 3.43. The highest BCUT2D eigenvalue weighted by atomic mass is 16.2. The Morgan fingerprint density at radius 2 is 1.85 bits per heavy atom. The average Bonchev–Trinajstić information content (AvgIpc) is 2.67. The van der Waals surface area contributed by atoms with E-state index in [1.54, 1.807) is 0 Å². The topological polar surface area (TPSA) is 58.4 Å². The Morgan fingerprint density at radius 3 is 2.45 bits per heavy atom. The molecule has 1 saturated heterocycles. The van der Waals surface area contributed by atoms with E-state index >= 15 is 0 Å². The van der Waals surface area contributed by atoms with Gasteiger partial charge in [-0.3, -0.25) is 0 Å². The van der Waals surface area contributed by atoms with Crippen molar-refractivity contribution in [3.8, 4) is 0 Å². The fraction of sp³-hybridized carbons (Fsp3) is 0.562. The van der Waals surface area contributed by atoms with Crippen LogP contribution in [0, 0.1) is 18.8 Å².